The minimum atomic E-state index is -1.26. The molecule has 0 atom stereocenters. The Bertz CT molecular complexity index is 741. The minimum absolute atomic E-state index is 0.0534. The number of nitrogens with one attached hydrogen (secondary N) is 1. The number of benzene rings is 1. The Balaban J connectivity index is 1.59. The number of carboxylic acid groups (broad SMARTS) is 1. The van der Waals surface area contributed by atoms with Gasteiger partial charge in [0.1, 0.15) is 11.2 Å². The highest BCUT2D eigenvalue weighted by Crippen LogP contribution is 2.50. The number of halogens is 2. The minimum Gasteiger partial charge on any atom is -0.484 e. The number of ketones is 1. The highest BCUT2D eigenvalue weighted by atomic mass is 35.5. The van der Waals surface area contributed by atoms with Crippen LogP contribution in [0.5, 0.6) is 5.75 Å². The van der Waals surface area contributed by atoms with Gasteiger partial charge in [0.05, 0.1) is 10.0 Å². The molecule has 0 spiro atoms. The first-order valence-electron chi connectivity index (χ1n) is 7.92. The molecule has 8 heteroatoms. The van der Waals surface area contributed by atoms with E-state index in [1.807, 2.05) is 0 Å². The molecule has 0 heterocycles. The van der Waals surface area contributed by atoms with Crippen molar-refractivity contribution in [1.29, 1.82) is 0 Å². The lowest BCUT2D eigenvalue weighted by atomic mass is 9.56. The predicted octanol–water partition coefficient (Wildman–Crippen LogP) is 2.85. The molecule has 4 rings (SSSR count). The van der Waals surface area contributed by atoms with Gasteiger partial charge in [0, 0.05) is 18.0 Å². The summed E-state index contributed by atoms with van der Waals surface area (Å²) in [6.45, 7) is -0.224. The van der Waals surface area contributed by atoms with Gasteiger partial charge in [0.15, 0.2) is 12.4 Å². The quantitative estimate of drug-likeness (QED) is 0.760. The summed E-state index contributed by atoms with van der Waals surface area (Å²) < 4.78 is 5.40. The molecular formula is C17H17Cl2NO5. The second-order valence-corrected chi connectivity index (χ2v) is 7.49. The van der Waals surface area contributed by atoms with Crippen LogP contribution in [0.1, 0.15) is 32.1 Å². The molecule has 2 bridgehead atoms. The van der Waals surface area contributed by atoms with Crippen LogP contribution < -0.4 is 10.1 Å². The van der Waals surface area contributed by atoms with Gasteiger partial charge in [-0.05, 0) is 37.8 Å². The van der Waals surface area contributed by atoms with Crippen molar-refractivity contribution in [2.24, 2.45) is 5.41 Å². The molecule has 3 saturated carbocycles. The molecular weight excluding hydrogens is 369 g/mol. The van der Waals surface area contributed by atoms with Crippen molar-refractivity contribution in [2.45, 2.75) is 37.6 Å². The van der Waals surface area contributed by atoms with E-state index >= 15 is 0 Å². The summed E-state index contributed by atoms with van der Waals surface area (Å²) in [6.07, 6.45) is 1.52. The van der Waals surface area contributed by atoms with Crippen molar-refractivity contribution in [2.75, 3.05) is 6.61 Å². The van der Waals surface area contributed by atoms with Crippen LogP contribution in [0.4, 0.5) is 0 Å². The zero-order valence-electron chi connectivity index (χ0n) is 13.3. The maximum absolute atomic E-state index is 12.3. The molecule has 6 nitrogen and oxygen atoms in total. The molecule has 134 valence electrons. The third kappa shape index (κ3) is 3.33. The highest BCUT2D eigenvalue weighted by molar-refractivity contribution is 6.42. The first-order valence-corrected chi connectivity index (χ1v) is 8.68. The summed E-state index contributed by atoms with van der Waals surface area (Å²) in [5.41, 5.74) is -1.92. The number of carbonyl (C=O) groups is 3. The molecule has 0 unspecified atom stereocenters. The Hall–Kier alpha value is -1.79. The third-order valence-corrected chi connectivity index (χ3v) is 5.91. The smallest absolute Gasteiger partial charge is 0.317 e. The zero-order valence-corrected chi connectivity index (χ0v) is 14.8. The van der Waals surface area contributed by atoms with E-state index < -0.39 is 16.9 Å². The van der Waals surface area contributed by atoms with Crippen molar-refractivity contribution in [3.05, 3.63) is 28.2 Å². The molecule has 2 N–H and O–H groups in total. The first kappa shape index (κ1) is 18.0. The Morgan fingerprint density at radius 2 is 1.84 bits per heavy atom. The van der Waals surface area contributed by atoms with Crippen LogP contribution in [-0.4, -0.2) is 34.9 Å². The molecule has 25 heavy (non-hydrogen) atoms. The zero-order chi connectivity index (χ0) is 18.2. The van der Waals surface area contributed by atoms with Crippen LogP contribution in [0.15, 0.2) is 18.2 Å². The number of rotatable bonds is 5. The molecule has 0 radical (unpaired) electrons. The summed E-state index contributed by atoms with van der Waals surface area (Å²) in [5.74, 6) is -1.30. The van der Waals surface area contributed by atoms with Gasteiger partial charge in [0.2, 0.25) is 0 Å². The van der Waals surface area contributed by atoms with Crippen LogP contribution in [0, 0.1) is 5.41 Å². The Labute approximate surface area is 154 Å². The molecule has 0 saturated heterocycles. The lowest BCUT2D eigenvalue weighted by molar-refractivity contribution is -0.164. The fraction of sp³-hybridized carbons (Fsp3) is 0.471. The number of Topliss-reactive ketones (excluding diaryl/α,β-unsaturated/α-hetero) is 1. The summed E-state index contributed by atoms with van der Waals surface area (Å²) in [6, 6.07) is 4.69. The molecule has 0 aliphatic heterocycles. The van der Waals surface area contributed by atoms with Gasteiger partial charge in [-0.1, -0.05) is 23.2 Å². The van der Waals surface area contributed by atoms with Crippen LogP contribution in [-0.2, 0) is 14.4 Å². The topological polar surface area (TPSA) is 92.7 Å². The van der Waals surface area contributed by atoms with Gasteiger partial charge in [-0.15, -0.1) is 0 Å². The maximum atomic E-state index is 12.3. The number of ether oxygens (including phenoxy) is 1. The van der Waals surface area contributed by atoms with Crippen molar-refractivity contribution < 1.29 is 24.2 Å². The van der Waals surface area contributed by atoms with Gasteiger partial charge < -0.3 is 15.2 Å². The fourth-order valence-corrected chi connectivity index (χ4v) is 3.93. The number of carboxylic acids is 1. The number of aliphatic carboxylic acids is 1. The van der Waals surface area contributed by atoms with Gasteiger partial charge in [-0.25, -0.2) is 0 Å². The fourth-order valence-electron chi connectivity index (χ4n) is 3.64. The van der Waals surface area contributed by atoms with Crippen molar-refractivity contribution >= 4 is 40.9 Å². The van der Waals surface area contributed by atoms with Gasteiger partial charge >= 0.3 is 5.97 Å². The van der Waals surface area contributed by atoms with E-state index in [1.165, 1.54) is 6.07 Å². The number of amides is 1. The van der Waals surface area contributed by atoms with Gasteiger partial charge in [-0.3, -0.25) is 14.4 Å². The van der Waals surface area contributed by atoms with Gasteiger partial charge in [-0.2, -0.15) is 0 Å². The summed E-state index contributed by atoms with van der Waals surface area (Å²) in [4.78, 5) is 35.9. The van der Waals surface area contributed by atoms with E-state index in [4.69, 9.17) is 27.9 Å². The third-order valence-electron chi connectivity index (χ3n) is 5.17. The van der Waals surface area contributed by atoms with E-state index in [0.29, 0.717) is 28.6 Å². The number of hydrogen-bond donors (Lipinski definition) is 2. The monoisotopic (exact) mass is 385 g/mol. The van der Waals surface area contributed by atoms with Gasteiger partial charge in [0.25, 0.3) is 5.91 Å². The average Bonchev–Trinajstić information content (AvgIpc) is 2.56. The van der Waals surface area contributed by atoms with Crippen LogP contribution in [0.25, 0.3) is 0 Å². The van der Waals surface area contributed by atoms with Crippen molar-refractivity contribution in [3.8, 4) is 5.75 Å². The molecule has 3 aliphatic rings. The number of carbonyl (C=O) groups excluding carboxylic acids is 2. The molecule has 1 aromatic carbocycles. The maximum Gasteiger partial charge on any atom is 0.317 e. The van der Waals surface area contributed by atoms with E-state index in [1.54, 1.807) is 12.1 Å². The average molecular weight is 386 g/mol. The number of hydrogen-bond acceptors (Lipinski definition) is 4. The van der Waals surface area contributed by atoms with E-state index in [-0.39, 0.29) is 37.6 Å². The van der Waals surface area contributed by atoms with Crippen LogP contribution in [0.3, 0.4) is 0 Å². The molecule has 1 aromatic rings. The summed E-state index contributed by atoms with van der Waals surface area (Å²) in [7, 11) is 0. The summed E-state index contributed by atoms with van der Waals surface area (Å²) >= 11 is 11.7. The first-order chi connectivity index (χ1) is 11.8. The van der Waals surface area contributed by atoms with Crippen molar-refractivity contribution in [1.82, 2.24) is 5.32 Å². The molecule has 0 aromatic heterocycles. The SMILES string of the molecule is O=C(COc1ccc(Cl)c(Cl)c1)NC12CCC(C(=O)O)(CC1)C(=O)C2. The highest BCUT2D eigenvalue weighted by Gasteiger charge is 2.58. The number of fused-ring (bicyclic) bond motifs is 3. The molecule has 1 amide bonds. The largest absolute Gasteiger partial charge is 0.484 e. The van der Waals surface area contributed by atoms with Crippen molar-refractivity contribution in [3.63, 3.8) is 0 Å². The van der Waals surface area contributed by atoms with E-state index in [2.05, 4.69) is 5.32 Å². The molecule has 3 fully saturated rings. The Morgan fingerprint density at radius 3 is 2.40 bits per heavy atom. The van der Waals surface area contributed by atoms with Crippen LogP contribution in [0.2, 0.25) is 10.0 Å². The standard InChI is InChI=1S/C17H17Cl2NO5/c18-11-2-1-10(7-12(11)19)25-9-14(22)20-16-3-5-17(6-4-16,15(23)24)13(21)8-16/h1-2,7H,3-6,8-9H2,(H,20,22)(H,23,24). The lowest BCUT2D eigenvalue weighted by Gasteiger charge is -2.50. The second-order valence-electron chi connectivity index (χ2n) is 6.68. The summed E-state index contributed by atoms with van der Waals surface area (Å²) in [5, 5.41) is 12.9. The Kier molecular flexibility index (Phi) is 4.68. The Morgan fingerprint density at radius 1 is 1.16 bits per heavy atom. The normalized spacial score (nSPS) is 27.8. The van der Waals surface area contributed by atoms with E-state index in [9.17, 15) is 19.5 Å². The van der Waals surface area contributed by atoms with E-state index in [0.717, 1.165) is 0 Å². The predicted molar refractivity (Wildman–Crippen MR) is 91.0 cm³/mol. The molecule has 3 aliphatic carbocycles. The second kappa shape index (κ2) is 6.50. The lowest BCUT2D eigenvalue weighted by Crippen LogP contribution is -2.62. The van der Waals surface area contributed by atoms with Crippen LogP contribution >= 0.6 is 23.2 Å².